The highest BCUT2D eigenvalue weighted by molar-refractivity contribution is 5.94. The topological polar surface area (TPSA) is 67.9 Å². The molecule has 1 aliphatic heterocycles. The van der Waals surface area contributed by atoms with Gasteiger partial charge in [0.1, 0.15) is 12.4 Å². The summed E-state index contributed by atoms with van der Waals surface area (Å²) in [6.07, 6.45) is 1.98. The quantitative estimate of drug-likeness (QED) is 0.772. The zero-order valence-electron chi connectivity index (χ0n) is 14.7. The van der Waals surface area contributed by atoms with Gasteiger partial charge in [0.15, 0.2) is 5.78 Å². The standard InChI is InChI=1S/C19H26N2O4/c1-14(12-21-8-10-24-11-9-21)20-19(23)16-4-6-17(7-5-16)25-13-18(22)15-2-3-15/h4-7,14-15H,2-3,8-13H2,1H3,(H,20,23)/t14-/m0/s1. The minimum absolute atomic E-state index is 0.0673. The molecule has 0 unspecified atom stereocenters. The van der Waals surface area contributed by atoms with Crippen molar-refractivity contribution in [2.45, 2.75) is 25.8 Å². The van der Waals surface area contributed by atoms with Crippen LogP contribution in [0.25, 0.3) is 0 Å². The number of ketones is 1. The smallest absolute Gasteiger partial charge is 0.251 e. The van der Waals surface area contributed by atoms with Gasteiger partial charge in [0, 0.05) is 37.2 Å². The third kappa shape index (κ3) is 5.54. The van der Waals surface area contributed by atoms with Crippen molar-refractivity contribution in [1.82, 2.24) is 10.2 Å². The summed E-state index contributed by atoms with van der Waals surface area (Å²) in [6.45, 7) is 6.27. The number of amides is 1. The zero-order chi connectivity index (χ0) is 17.6. The highest BCUT2D eigenvalue weighted by atomic mass is 16.5. The van der Waals surface area contributed by atoms with Gasteiger partial charge in [0.25, 0.3) is 5.91 Å². The number of nitrogens with zero attached hydrogens (tertiary/aromatic N) is 1. The molecule has 3 rings (SSSR count). The molecule has 1 saturated heterocycles. The fraction of sp³-hybridized carbons (Fsp3) is 0.579. The first-order chi connectivity index (χ1) is 12.1. The van der Waals surface area contributed by atoms with Crippen molar-refractivity contribution in [3.63, 3.8) is 0 Å². The second kappa shape index (κ2) is 8.45. The Morgan fingerprint density at radius 2 is 1.92 bits per heavy atom. The molecule has 1 atom stereocenters. The predicted molar refractivity (Wildman–Crippen MR) is 93.9 cm³/mol. The zero-order valence-corrected chi connectivity index (χ0v) is 14.7. The summed E-state index contributed by atoms with van der Waals surface area (Å²) in [4.78, 5) is 26.3. The van der Waals surface area contributed by atoms with Gasteiger partial charge in [-0.25, -0.2) is 0 Å². The second-order valence-corrected chi connectivity index (χ2v) is 6.84. The molecule has 6 heteroatoms. The molecule has 1 aromatic carbocycles. The maximum atomic E-state index is 12.3. The van der Waals surface area contributed by atoms with E-state index in [1.54, 1.807) is 24.3 Å². The van der Waals surface area contributed by atoms with Gasteiger partial charge in [-0.05, 0) is 44.0 Å². The minimum Gasteiger partial charge on any atom is -0.486 e. The second-order valence-electron chi connectivity index (χ2n) is 6.84. The van der Waals surface area contributed by atoms with Gasteiger partial charge in [0.05, 0.1) is 13.2 Å². The third-order valence-electron chi connectivity index (χ3n) is 4.54. The molecular weight excluding hydrogens is 320 g/mol. The Hall–Kier alpha value is -1.92. The Morgan fingerprint density at radius 1 is 1.24 bits per heavy atom. The Bertz CT molecular complexity index is 592. The summed E-state index contributed by atoms with van der Waals surface area (Å²) in [5, 5.41) is 3.02. The number of Topliss-reactive ketones (excluding diaryl/α,β-unsaturated/α-hetero) is 1. The van der Waals surface area contributed by atoms with Crippen LogP contribution in [0.2, 0.25) is 0 Å². The number of hydrogen-bond acceptors (Lipinski definition) is 5. The minimum atomic E-state index is -0.0960. The molecule has 2 aliphatic rings. The van der Waals surface area contributed by atoms with Gasteiger partial charge in [-0.2, -0.15) is 0 Å². The number of ether oxygens (including phenoxy) is 2. The van der Waals surface area contributed by atoms with Crippen LogP contribution in [0.15, 0.2) is 24.3 Å². The first kappa shape index (κ1) is 17.9. The number of carbonyl (C=O) groups is 2. The molecule has 1 heterocycles. The van der Waals surface area contributed by atoms with Crippen LogP contribution in [0.5, 0.6) is 5.75 Å². The normalized spacial score (nSPS) is 19.2. The average molecular weight is 346 g/mol. The number of benzene rings is 1. The van der Waals surface area contributed by atoms with E-state index in [0.717, 1.165) is 45.7 Å². The molecule has 0 aromatic heterocycles. The van der Waals surface area contributed by atoms with Crippen molar-refractivity contribution >= 4 is 11.7 Å². The lowest BCUT2D eigenvalue weighted by Crippen LogP contribution is -2.46. The van der Waals surface area contributed by atoms with Gasteiger partial charge >= 0.3 is 0 Å². The van der Waals surface area contributed by atoms with E-state index in [2.05, 4.69) is 10.2 Å². The summed E-state index contributed by atoms with van der Waals surface area (Å²) >= 11 is 0. The van der Waals surface area contributed by atoms with Gasteiger partial charge in [-0.15, -0.1) is 0 Å². The van der Waals surface area contributed by atoms with Gasteiger partial charge < -0.3 is 14.8 Å². The summed E-state index contributed by atoms with van der Waals surface area (Å²) in [7, 11) is 0. The number of morpholine rings is 1. The van der Waals surface area contributed by atoms with Crippen LogP contribution < -0.4 is 10.1 Å². The maximum Gasteiger partial charge on any atom is 0.251 e. The van der Waals surface area contributed by atoms with E-state index in [9.17, 15) is 9.59 Å². The predicted octanol–water partition coefficient (Wildman–Crippen LogP) is 1.49. The molecule has 25 heavy (non-hydrogen) atoms. The molecule has 1 amide bonds. The molecular formula is C19H26N2O4. The Kier molecular flexibility index (Phi) is 6.04. The lowest BCUT2D eigenvalue weighted by Gasteiger charge is -2.29. The molecule has 1 aliphatic carbocycles. The number of carbonyl (C=O) groups excluding carboxylic acids is 2. The van der Waals surface area contributed by atoms with E-state index in [0.29, 0.717) is 11.3 Å². The van der Waals surface area contributed by atoms with Crippen LogP contribution in [0.1, 0.15) is 30.1 Å². The Morgan fingerprint density at radius 3 is 2.56 bits per heavy atom. The number of hydrogen-bond donors (Lipinski definition) is 1. The highest BCUT2D eigenvalue weighted by Crippen LogP contribution is 2.29. The monoisotopic (exact) mass is 346 g/mol. The van der Waals surface area contributed by atoms with E-state index < -0.39 is 0 Å². The van der Waals surface area contributed by atoms with Crippen molar-refractivity contribution in [2.24, 2.45) is 5.92 Å². The molecule has 0 bridgehead atoms. The van der Waals surface area contributed by atoms with Gasteiger partial charge in [0.2, 0.25) is 0 Å². The first-order valence-electron chi connectivity index (χ1n) is 8.98. The molecule has 1 saturated carbocycles. The van der Waals surface area contributed by atoms with Gasteiger partial charge in [-0.3, -0.25) is 14.5 Å². The fourth-order valence-electron chi connectivity index (χ4n) is 2.90. The highest BCUT2D eigenvalue weighted by Gasteiger charge is 2.29. The molecule has 1 aromatic rings. The number of rotatable bonds is 8. The van der Waals surface area contributed by atoms with Crippen LogP contribution >= 0.6 is 0 Å². The van der Waals surface area contributed by atoms with Crippen molar-refractivity contribution in [2.75, 3.05) is 39.5 Å². The first-order valence-corrected chi connectivity index (χ1v) is 8.98. The Balaban J connectivity index is 1.43. The molecule has 6 nitrogen and oxygen atoms in total. The summed E-state index contributed by atoms with van der Waals surface area (Å²) in [6, 6.07) is 7.00. The van der Waals surface area contributed by atoms with Gasteiger partial charge in [-0.1, -0.05) is 0 Å². The van der Waals surface area contributed by atoms with Crippen LogP contribution in [0.4, 0.5) is 0 Å². The summed E-state index contributed by atoms with van der Waals surface area (Å²) < 4.78 is 10.8. The lowest BCUT2D eigenvalue weighted by molar-refractivity contribution is -0.122. The summed E-state index contributed by atoms with van der Waals surface area (Å²) in [5.41, 5.74) is 0.592. The largest absolute Gasteiger partial charge is 0.486 e. The molecule has 2 fully saturated rings. The van der Waals surface area contributed by atoms with Crippen LogP contribution in [-0.2, 0) is 9.53 Å². The van der Waals surface area contributed by atoms with E-state index >= 15 is 0 Å². The molecule has 136 valence electrons. The molecule has 0 spiro atoms. The van der Waals surface area contributed by atoms with Crippen LogP contribution in [0, 0.1) is 5.92 Å². The third-order valence-corrected chi connectivity index (χ3v) is 4.54. The maximum absolute atomic E-state index is 12.3. The molecule has 0 radical (unpaired) electrons. The number of nitrogens with one attached hydrogen (secondary N) is 1. The van der Waals surface area contributed by atoms with Crippen LogP contribution in [-0.4, -0.2) is 62.1 Å². The van der Waals surface area contributed by atoms with Crippen molar-refractivity contribution in [1.29, 1.82) is 0 Å². The Labute approximate surface area is 148 Å². The van der Waals surface area contributed by atoms with Crippen molar-refractivity contribution in [3.8, 4) is 5.75 Å². The van der Waals surface area contributed by atoms with E-state index in [4.69, 9.17) is 9.47 Å². The summed E-state index contributed by atoms with van der Waals surface area (Å²) in [5.74, 6) is 0.894. The fourth-order valence-corrected chi connectivity index (χ4v) is 2.90. The lowest BCUT2D eigenvalue weighted by atomic mass is 10.2. The van der Waals surface area contributed by atoms with E-state index in [1.165, 1.54) is 0 Å². The van der Waals surface area contributed by atoms with Crippen molar-refractivity contribution < 1.29 is 19.1 Å². The van der Waals surface area contributed by atoms with Crippen molar-refractivity contribution in [3.05, 3.63) is 29.8 Å². The van der Waals surface area contributed by atoms with E-state index in [1.807, 2.05) is 6.92 Å². The SMILES string of the molecule is C[C@@H](CN1CCOCC1)NC(=O)c1ccc(OCC(=O)C2CC2)cc1. The van der Waals surface area contributed by atoms with Crippen LogP contribution in [0.3, 0.4) is 0 Å². The average Bonchev–Trinajstić information content (AvgIpc) is 3.46. The molecule has 1 N–H and O–H groups in total. The van der Waals surface area contributed by atoms with E-state index in [-0.39, 0.29) is 30.3 Å².